The molecule has 7 nitrogen and oxygen atoms in total. The quantitative estimate of drug-likeness (QED) is 0.666. The number of methoxy groups -OCH3 is 1. The number of amides is 1. The first kappa shape index (κ1) is 16.9. The number of hydrogen-bond acceptors (Lipinski definition) is 5. The molecule has 3 aromatic heterocycles. The van der Waals surface area contributed by atoms with Crippen molar-refractivity contribution in [3.63, 3.8) is 0 Å². The monoisotopic (exact) mass is 340 g/mol. The summed E-state index contributed by atoms with van der Waals surface area (Å²) >= 11 is 0. The Balaban J connectivity index is 1.68. The number of pyridine rings is 2. The van der Waals surface area contributed by atoms with Crippen molar-refractivity contribution in [3.8, 4) is 5.88 Å². The van der Waals surface area contributed by atoms with Crippen LogP contribution < -0.4 is 10.1 Å². The standard InChI is InChI=1S/C18H20N4O3/c1-13-5-3-7-16-21-14(12-22(13)16)11-20-17(23)15-6-4-8-19-18(15)25-10-9-24-2/h3-8,12H,9-11H2,1-2H3,(H,20,23). The van der Waals surface area contributed by atoms with Crippen molar-refractivity contribution in [2.24, 2.45) is 0 Å². The Kier molecular flexibility index (Phi) is 5.25. The molecular weight excluding hydrogens is 320 g/mol. The molecule has 1 amide bonds. The number of ether oxygens (including phenoxy) is 2. The number of nitrogens with one attached hydrogen (secondary N) is 1. The van der Waals surface area contributed by atoms with Crippen LogP contribution in [0.5, 0.6) is 5.88 Å². The first-order valence-electron chi connectivity index (χ1n) is 7.97. The van der Waals surface area contributed by atoms with E-state index >= 15 is 0 Å². The van der Waals surface area contributed by atoms with Gasteiger partial charge >= 0.3 is 0 Å². The topological polar surface area (TPSA) is 77.8 Å². The first-order chi connectivity index (χ1) is 12.2. The Hall–Kier alpha value is -2.93. The molecule has 0 atom stereocenters. The lowest BCUT2D eigenvalue weighted by Crippen LogP contribution is -2.24. The number of carbonyl (C=O) groups excluding carboxylic acids is 1. The van der Waals surface area contributed by atoms with Gasteiger partial charge in [-0.25, -0.2) is 9.97 Å². The molecular formula is C18H20N4O3. The molecule has 0 fully saturated rings. The maximum absolute atomic E-state index is 12.5. The van der Waals surface area contributed by atoms with Crippen molar-refractivity contribution in [1.82, 2.24) is 19.7 Å². The number of rotatable bonds is 7. The molecule has 0 bridgehead atoms. The van der Waals surface area contributed by atoms with Gasteiger partial charge in [0.15, 0.2) is 0 Å². The van der Waals surface area contributed by atoms with Crippen LogP contribution in [0, 0.1) is 6.92 Å². The van der Waals surface area contributed by atoms with Crippen LogP contribution in [0.3, 0.4) is 0 Å². The summed E-state index contributed by atoms with van der Waals surface area (Å²) < 4.78 is 12.4. The van der Waals surface area contributed by atoms with Gasteiger partial charge in [0.1, 0.15) is 17.8 Å². The Bertz CT molecular complexity index is 876. The average molecular weight is 340 g/mol. The van der Waals surface area contributed by atoms with Crippen molar-refractivity contribution in [2.75, 3.05) is 20.3 Å². The molecule has 0 radical (unpaired) electrons. The Morgan fingerprint density at radius 1 is 1.24 bits per heavy atom. The van der Waals surface area contributed by atoms with Gasteiger partial charge in [-0.3, -0.25) is 4.79 Å². The zero-order valence-corrected chi connectivity index (χ0v) is 14.2. The lowest BCUT2D eigenvalue weighted by Gasteiger charge is -2.09. The summed E-state index contributed by atoms with van der Waals surface area (Å²) in [6, 6.07) is 9.28. The molecule has 0 aliphatic heterocycles. The van der Waals surface area contributed by atoms with Gasteiger partial charge in [-0.15, -0.1) is 0 Å². The van der Waals surface area contributed by atoms with Gasteiger partial charge < -0.3 is 19.2 Å². The summed E-state index contributed by atoms with van der Waals surface area (Å²) in [6.45, 7) is 3.10. The van der Waals surface area contributed by atoms with Gasteiger partial charge in [0, 0.05) is 25.2 Å². The highest BCUT2D eigenvalue weighted by Gasteiger charge is 2.14. The van der Waals surface area contributed by atoms with E-state index in [1.807, 2.05) is 35.7 Å². The largest absolute Gasteiger partial charge is 0.475 e. The second-order valence-electron chi connectivity index (χ2n) is 5.51. The molecule has 1 N–H and O–H groups in total. The molecule has 130 valence electrons. The van der Waals surface area contributed by atoms with Crippen LogP contribution in [-0.4, -0.2) is 40.6 Å². The molecule has 0 saturated carbocycles. The fourth-order valence-corrected chi connectivity index (χ4v) is 2.45. The molecule has 0 saturated heterocycles. The highest BCUT2D eigenvalue weighted by atomic mass is 16.5. The van der Waals surface area contributed by atoms with Crippen molar-refractivity contribution in [3.05, 3.63) is 59.7 Å². The van der Waals surface area contributed by atoms with Crippen molar-refractivity contribution < 1.29 is 14.3 Å². The van der Waals surface area contributed by atoms with Crippen LogP contribution in [0.2, 0.25) is 0 Å². The summed E-state index contributed by atoms with van der Waals surface area (Å²) in [6.07, 6.45) is 3.51. The highest BCUT2D eigenvalue weighted by Crippen LogP contribution is 2.14. The third-order valence-electron chi connectivity index (χ3n) is 3.72. The first-order valence-corrected chi connectivity index (χ1v) is 7.97. The zero-order valence-electron chi connectivity index (χ0n) is 14.2. The van der Waals surface area contributed by atoms with Crippen molar-refractivity contribution in [1.29, 1.82) is 0 Å². The smallest absolute Gasteiger partial charge is 0.257 e. The second kappa shape index (κ2) is 7.76. The van der Waals surface area contributed by atoms with E-state index < -0.39 is 0 Å². The lowest BCUT2D eigenvalue weighted by atomic mass is 10.2. The van der Waals surface area contributed by atoms with E-state index in [4.69, 9.17) is 9.47 Å². The van der Waals surface area contributed by atoms with Crippen LogP contribution in [0.15, 0.2) is 42.7 Å². The molecule has 0 aliphatic rings. The van der Waals surface area contributed by atoms with Crippen LogP contribution >= 0.6 is 0 Å². The van der Waals surface area contributed by atoms with Crippen molar-refractivity contribution in [2.45, 2.75) is 13.5 Å². The van der Waals surface area contributed by atoms with Gasteiger partial charge in [-0.05, 0) is 31.2 Å². The summed E-state index contributed by atoms with van der Waals surface area (Å²) in [4.78, 5) is 21.1. The normalized spacial score (nSPS) is 10.8. The van der Waals surface area contributed by atoms with Gasteiger partial charge in [0.25, 0.3) is 5.91 Å². The number of imidazole rings is 1. The van der Waals surface area contributed by atoms with E-state index in [1.165, 1.54) is 0 Å². The number of carbonyl (C=O) groups is 1. The summed E-state index contributed by atoms with van der Waals surface area (Å²) in [7, 11) is 1.59. The Morgan fingerprint density at radius 2 is 2.12 bits per heavy atom. The number of aromatic nitrogens is 3. The molecule has 25 heavy (non-hydrogen) atoms. The maximum Gasteiger partial charge on any atom is 0.257 e. The fourth-order valence-electron chi connectivity index (χ4n) is 2.45. The van der Waals surface area contributed by atoms with E-state index in [0.717, 1.165) is 17.0 Å². The molecule has 3 heterocycles. The summed E-state index contributed by atoms with van der Waals surface area (Å²) in [5.74, 6) is 0.0391. The highest BCUT2D eigenvalue weighted by molar-refractivity contribution is 5.96. The Morgan fingerprint density at radius 3 is 2.92 bits per heavy atom. The zero-order chi connectivity index (χ0) is 17.6. The van der Waals surface area contributed by atoms with Crippen LogP contribution in [0.25, 0.3) is 5.65 Å². The van der Waals surface area contributed by atoms with E-state index in [2.05, 4.69) is 15.3 Å². The van der Waals surface area contributed by atoms with Crippen LogP contribution in [0.4, 0.5) is 0 Å². The van der Waals surface area contributed by atoms with Gasteiger partial charge in [-0.1, -0.05) is 6.07 Å². The predicted octanol–water partition coefficient (Wildman–Crippen LogP) is 1.99. The average Bonchev–Trinajstić information content (AvgIpc) is 3.05. The number of nitrogens with zero attached hydrogens (tertiary/aromatic N) is 3. The molecule has 3 aromatic rings. The molecule has 7 heteroatoms. The molecule has 0 aliphatic carbocycles. The molecule has 0 spiro atoms. The van der Waals surface area contributed by atoms with Gasteiger partial charge in [0.2, 0.25) is 5.88 Å². The lowest BCUT2D eigenvalue weighted by molar-refractivity contribution is 0.0941. The summed E-state index contributed by atoms with van der Waals surface area (Å²) in [5, 5.41) is 2.86. The summed E-state index contributed by atoms with van der Waals surface area (Å²) in [5.41, 5.74) is 3.12. The van der Waals surface area contributed by atoms with E-state index in [9.17, 15) is 4.79 Å². The maximum atomic E-state index is 12.5. The number of fused-ring (bicyclic) bond motifs is 1. The number of hydrogen-bond donors (Lipinski definition) is 1. The third-order valence-corrected chi connectivity index (χ3v) is 3.72. The second-order valence-corrected chi connectivity index (χ2v) is 5.51. The molecule has 0 unspecified atom stereocenters. The molecule has 3 rings (SSSR count). The minimum Gasteiger partial charge on any atom is -0.475 e. The van der Waals surface area contributed by atoms with Crippen LogP contribution in [0.1, 0.15) is 21.7 Å². The molecule has 0 aromatic carbocycles. The third kappa shape index (κ3) is 3.95. The fraction of sp³-hybridized carbons (Fsp3) is 0.278. The van der Waals surface area contributed by atoms with Crippen LogP contribution in [-0.2, 0) is 11.3 Å². The minimum absolute atomic E-state index is 0.255. The van der Waals surface area contributed by atoms with Gasteiger partial charge in [0.05, 0.1) is 18.8 Å². The number of aryl methyl sites for hydroxylation is 1. The van der Waals surface area contributed by atoms with Gasteiger partial charge in [-0.2, -0.15) is 0 Å². The predicted molar refractivity (Wildman–Crippen MR) is 92.7 cm³/mol. The SMILES string of the molecule is COCCOc1ncccc1C(=O)NCc1cn2c(C)cccc2n1. The Labute approximate surface area is 145 Å². The van der Waals surface area contributed by atoms with E-state index in [0.29, 0.717) is 31.2 Å². The van der Waals surface area contributed by atoms with E-state index in [1.54, 1.807) is 25.4 Å². The minimum atomic E-state index is -0.255. The van der Waals surface area contributed by atoms with Crippen molar-refractivity contribution >= 4 is 11.6 Å². The van der Waals surface area contributed by atoms with E-state index in [-0.39, 0.29) is 5.91 Å².